The highest BCUT2D eigenvalue weighted by molar-refractivity contribution is 7.10. The summed E-state index contributed by atoms with van der Waals surface area (Å²) < 4.78 is 0. The van der Waals surface area contributed by atoms with E-state index < -0.39 is 0 Å². The van der Waals surface area contributed by atoms with Crippen LogP contribution in [0.2, 0.25) is 0 Å². The van der Waals surface area contributed by atoms with Gasteiger partial charge in [-0.3, -0.25) is 4.79 Å². The topological polar surface area (TPSA) is 46.3 Å². The molecule has 0 bridgehead atoms. The van der Waals surface area contributed by atoms with Crippen molar-refractivity contribution in [1.82, 2.24) is 4.90 Å². The molecule has 0 unspecified atom stereocenters. The number of hydrogen-bond acceptors (Lipinski definition) is 3. The number of carbonyl (C=O) groups is 1. The Morgan fingerprint density at radius 2 is 2.57 bits per heavy atom. The fourth-order valence-electron chi connectivity index (χ4n) is 1.69. The van der Waals surface area contributed by atoms with E-state index >= 15 is 0 Å². The molecule has 1 aromatic rings. The predicted octanol–water partition coefficient (Wildman–Crippen LogP) is 0.850. The van der Waals surface area contributed by atoms with Gasteiger partial charge < -0.3 is 10.6 Å². The summed E-state index contributed by atoms with van der Waals surface area (Å²) in [7, 11) is 0. The maximum Gasteiger partial charge on any atom is 0.227 e. The lowest BCUT2D eigenvalue weighted by atomic mass is 10.3. The van der Waals surface area contributed by atoms with Crippen LogP contribution in [0.1, 0.15) is 11.3 Å². The lowest BCUT2D eigenvalue weighted by molar-refractivity contribution is -0.129. The fraction of sp³-hybridized carbons (Fsp3) is 0.500. The van der Waals surface area contributed by atoms with Crippen LogP contribution in [0.15, 0.2) is 17.5 Å². The average molecular weight is 210 g/mol. The third kappa shape index (κ3) is 2.13. The Morgan fingerprint density at radius 3 is 3.14 bits per heavy atom. The number of likely N-dealkylation sites (tertiary alicyclic amines) is 1. The molecule has 0 saturated carbocycles. The van der Waals surface area contributed by atoms with Gasteiger partial charge in [-0.1, -0.05) is 6.07 Å². The van der Waals surface area contributed by atoms with Crippen molar-refractivity contribution in [3.8, 4) is 0 Å². The third-order valence-electron chi connectivity index (χ3n) is 2.48. The molecule has 2 N–H and O–H groups in total. The standard InChI is InChI=1S/C10H14N2OS/c11-8-3-4-12(7-8)10(13)6-9-2-1-5-14-9/h1-2,5,8H,3-4,6-7,11H2/t8-/m0/s1. The summed E-state index contributed by atoms with van der Waals surface area (Å²) in [6.07, 6.45) is 1.47. The van der Waals surface area contributed by atoms with Crippen LogP contribution in [0.4, 0.5) is 0 Å². The highest BCUT2D eigenvalue weighted by Crippen LogP contribution is 2.13. The summed E-state index contributed by atoms with van der Waals surface area (Å²) >= 11 is 1.63. The molecule has 1 atom stereocenters. The Balaban J connectivity index is 1.90. The van der Waals surface area contributed by atoms with E-state index in [1.807, 2.05) is 22.4 Å². The second-order valence-electron chi connectivity index (χ2n) is 3.64. The van der Waals surface area contributed by atoms with Gasteiger partial charge >= 0.3 is 0 Å². The monoisotopic (exact) mass is 210 g/mol. The Hall–Kier alpha value is -0.870. The van der Waals surface area contributed by atoms with Gasteiger partial charge in [-0.25, -0.2) is 0 Å². The van der Waals surface area contributed by atoms with Gasteiger partial charge in [-0.2, -0.15) is 0 Å². The zero-order valence-corrected chi connectivity index (χ0v) is 8.80. The molecule has 0 radical (unpaired) electrons. The maximum absolute atomic E-state index is 11.7. The molecule has 0 aliphatic carbocycles. The summed E-state index contributed by atoms with van der Waals surface area (Å²) in [4.78, 5) is 14.7. The van der Waals surface area contributed by atoms with Crippen LogP contribution in [-0.2, 0) is 11.2 Å². The first-order valence-electron chi connectivity index (χ1n) is 4.81. The number of nitrogens with zero attached hydrogens (tertiary/aromatic N) is 1. The molecule has 3 nitrogen and oxygen atoms in total. The van der Waals surface area contributed by atoms with E-state index in [0.29, 0.717) is 6.42 Å². The molecule has 1 aliphatic heterocycles. The molecule has 0 aromatic carbocycles. The first kappa shape index (κ1) is 9.68. The van der Waals surface area contributed by atoms with Crippen molar-refractivity contribution in [2.45, 2.75) is 18.9 Å². The molecule has 0 spiro atoms. The SMILES string of the molecule is N[C@H]1CCN(C(=O)Cc2cccs2)C1. The van der Waals surface area contributed by atoms with E-state index in [1.165, 1.54) is 0 Å². The average Bonchev–Trinajstić information content (AvgIpc) is 2.75. The molecular formula is C10H14N2OS. The van der Waals surface area contributed by atoms with Crippen molar-refractivity contribution in [3.05, 3.63) is 22.4 Å². The van der Waals surface area contributed by atoms with Crippen molar-refractivity contribution in [2.75, 3.05) is 13.1 Å². The number of nitrogens with two attached hydrogens (primary N) is 1. The summed E-state index contributed by atoms with van der Waals surface area (Å²) in [5.41, 5.74) is 5.75. The van der Waals surface area contributed by atoms with E-state index in [9.17, 15) is 4.79 Å². The molecule has 2 heterocycles. The Bertz CT molecular complexity index is 310. The highest BCUT2D eigenvalue weighted by Gasteiger charge is 2.23. The molecule has 2 rings (SSSR count). The number of carbonyl (C=O) groups excluding carboxylic acids is 1. The van der Waals surface area contributed by atoms with Crippen molar-refractivity contribution in [3.63, 3.8) is 0 Å². The van der Waals surface area contributed by atoms with E-state index in [-0.39, 0.29) is 11.9 Å². The molecule has 4 heteroatoms. The minimum Gasteiger partial charge on any atom is -0.341 e. The predicted molar refractivity (Wildman–Crippen MR) is 57.2 cm³/mol. The van der Waals surface area contributed by atoms with Gasteiger partial charge in [0, 0.05) is 24.0 Å². The largest absolute Gasteiger partial charge is 0.341 e. The number of thiophene rings is 1. The number of hydrogen-bond donors (Lipinski definition) is 1. The number of rotatable bonds is 2. The lowest BCUT2D eigenvalue weighted by Crippen LogP contribution is -2.32. The summed E-state index contributed by atoms with van der Waals surface area (Å²) in [5.74, 6) is 0.209. The van der Waals surface area contributed by atoms with E-state index in [0.717, 1.165) is 24.4 Å². The van der Waals surface area contributed by atoms with Crippen LogP contribution < -0.4 is 5.73 Å². The Morgan fingerprint density at radius 1 is 1.71 bits per heavy atom. The van der Waals surface area contributed by atoms with Crippen molar-refractivity contribution in [1.29, 1.82) is 0 Å². The smallest absolute Gasteiger partial charge is 0.227 e. The molecular weight excluding hydrogens is 196 g/mol. The quantitative estimate of drug-likeness (QED) is 0.786. The van der Waals surface area contributed by atoms with E-state index in [2.05, 4.69) is 0 Å². The summed E-state index contributed by atoms with van der Waals surface area (Å²) in [5, 5.41) is 2.00. The lowest BCUT2D eigenvalue weighted by Gasteiger charge is -2.14. The fourth-order valence-corrected chi connectivity index (χ4v) is 2.38. The molecule has 1 amide bonds. The molecule has 1 aliphatic rings. The number of amides is 1. The summed E-state index contributed by atoms with van der Waals surface area (Å²) in [6, 6.07) is 4.16. The van der Waals surface area contributed by atoms with Gasteiger partial charge in [0.15, 0.2) is 0 Å². The molecule has 76 valence electrons. The Labute approximate surface area is 87.5 Å². The van der Waals surface area contributed by atoms with Gasteiger partial charge in [0.1, 0.15) is 0 Å². The van der Waals surface area contributed by atoms with Crippen LogP contribution >= 0.6 is 11.3 Å². The van der Waals surface area contributed by atoms with Crippen molar-refractivity contribution in [2.24, 2.45) is 5.73 Å². The normalized spacial score (nSPS) is 21.5. The van der Waals surface area contributed by atoms with Crippen LogP contribution in [0.25, 0.3) is 0 Å². The van der Waals surface area contributed by atoms with Crippen LogP contribution in [0.3, 0.4) is 0 Å². The zero-order chi connectivity index (χ0) is 9.97. The minimum atomic E-state index is 0.183. The van der Waals surface area contributed by atoms with Crippen LogP contribution in [0, 0.1) is 0 Å². The molecule has 14 heavy (non-hydrogen) atoms. The van der Waals surface area contributed by atoms with Crippen LogP contribution in [-0.4, -0.2) is 29.9 Å². The Kier molecular flexibility index (Phi) is 2.84. The first-order chi connectivity index (χ1) is 6.75. The second kappa shape index (κ2) is 4.11. The molecule has 1 fully saturated rings. The van der Waals surface area contributed by atoms with Crippen LogP contribution in [0.5, 0.6) is 0 Å². The van der Waals surface area contributed by atoms with Crippen molar-refractivity contribution >= 4 is 17.2 Å². The van der Waals surface area contributed by atoms with E-state index in [1.54, 1.807) is 11.3 Å². The van der Waals surface area contributed by atoms with Gasteiger partial charge in [-0.15, -0.1) is 11.3 Å². The van der Waals surface area contributed by atoms with Crippen molar-refractivity contribution < 1.29 is 4.79 Å². The van der Waals surface area contributed by atoms with E-state index in [4.69, 9.17) is 5.73 Å². The second-order valence-corrected chi connectivity index (χ2v) is 4.68. The summed E-state index contributed by atoms with van der Waals surface area (Å²) in [6.45, 7) is 1.55. The highest BCUT2D eigenvalue weighted by atomic mass is 32.1. The third-order valence-corrected chi connectivity index (χ3v) is 3.36. The van der Waals surface area contributed by atoms with Gasteiger partial charge in [0.2, 0.25) is 5.91 Å². The van der Waals surface area contributed by atoms with Gasteiger partial charge in [0.25, 0.3) is 0 Å². The molecule has 1 saturated heterocycles. The minimum absolute atomic E-state index is 0.183. The maximum atomic E-state index is 11.7. The molecule has 1 aromatic heterocycles. The zero-order valence-electron chi connectivity index (χ0n) is 7.98. The van der Waals surface area contributed by atoms with Gasteiger partial charge in [-0.05, 0) is 17.9 Å². The van der Waals surface area contributed by atoms with Gasteiger partial charge in [0.05, 0.1) is 6.42 Å². The first-order valence-corrected chi connectivity index (χ1v) is 5.69.